The predicted molar refractivity (Wildman–Crippen MR) is 166 cm³/mol. The van der Waals surface area contributed by atoms with Crippen molar-refractivity contribution in [3.63, 3.8) is 0 Å². The fourth-order valence-electron chi connectivity index (χ4n) is 5.36. The molecule has 214 valence electrons. The van der Waals surface area contributed by atoms with Gasteiger partial charge in [-0.25, -0.2) is 23.4 Å². The monoisotopic (exact) mass is 589 g/mol. The molecule has 11 heteroatoms. The maximum Gasteiger partial charge on any atom is 0.227 e. The zero-order valence-electron chi connectivity index (χ0n) is 23.4. The summed E-state index contributed by atoms with van der Waals surface area (Å²) in [5, 5.41) is 7.82. The molecule has 6 rings (SSSR count). The minimum absolute atomic E-state index is 0.282. The molecule has 0 unspecified atom stereocenters. The summed E-state index contributed by atoms with van der Waals surface area (Å²) in [6.45, 7) is 6.07. The lowest BCUT2D eigenvalue weighted by atomic mass is 9.98. The minimum atomic E-state index is -3.35. The number of hydrogen-bond donors (Lipinski definition) is 2. The van der Waals surface area contributed by atoms with Gasteiger partial charge in [0.2, 0.25) is 5.95 Å². The van der Waals surface area contributed by atoms with Gasteiger partial charge in [-0.1, -0.05) is 12.1 Å². The zero-order chi connectivity index (χ0) is 28.4. The highest BCUT2D eigenvalue weighted by Crippen LogP contribution is 2.41. The highest BCUT2D eigenvalue weighted by atomic mass is 32.2. The first-order valence-electron chi connectivity index (χ1n) is 14.0. The van der Waals surface area contributed by atoms with Crippen molar-refractivity contribution in [2.75, 3.05) is 62.8 Å². The largest absolute Gasteiger partial charge is 0.369 e. The summed E-state index contributed by atoms with van der Waals surface area (Å²) >= 11 is 1.65. The second kappa shape index (κ2) is 11.8. The third-order valence-electron chi connectivity index (χ3n) is 7.74. The Bertz CT molecular complexity index is 1610. The number of piperazine rings is 1. The summed E-state index contributed by atoms with van der Waals surface area (Å²) in [5.41, 5.74) is 4.42. The lowest BCUT2D eigenvalue weighted by Gasteiger charge is -2.29. The quantitative estimate of drug-likeness (QED) is 0.319. The molecule has 2 N–H and O–H groups in total. The van der Waals surface area contributed by atoms with Crippen molar-refractivity contribution in [1.82, 2.24) is 25.2 Å². The maximum absolute atomic E-state index is 12.3. The molecule has 2 aromatic heterocycles. The molecule has 0 amide bonds. The Morgan fingerprint density at radius 1 is 0.976 bits per heavy atom. The number of sulfone groups is 1. The smallest absolute Gasteiger partial charge is 0.227 e. The van der Waals surface area contributed by atoms with Crippen LogP contribution < -0.4 is 15.5 Å². The van der Waals surface area contributed by atoms with E-state index in [0.29, 0.717) is 11.9 Å². The number of aromatic nitrogens is 3. The van der Waals surface area contributed by atoms with Crippen molar-refractivity contribution in [3.8, 4) is 21.8 Å². The molecule has 4 aromatic rings. The van der Waals surface area contributed by atoms with Crippen LogP contribution in [0.3, 0.4) is 0 Å². The van der Waals surface area contributed by atoms with Crippen LogP contribution in [0, 0.1) is 0 Å². The van der Waals surface area contributed by atoms with E-state index in [1.165, 1.54) is 11.9 Å². The second-order valence-electron chi connectivity index (χ2n) is 10.8. The van der Waals surface area contributed by atoms with Crippen LogP contribution in [-0.2, 0) is 9.84 Å². The fourth-order valence-corrected chi connectivity index (χ4v) is 7.26. The van der Waals surface area contributed by atoms with E-state index in [9.17, 15) is 8.42 Å². The highest BCUT2D eigenvalue weighted by molar-refractivity contribution is 7.90. The van der Waals surface area contributed by atoms with Gasteiger partial charge in [0.1, 0.15) is 0 Å². The van der Waals surface area contributed by atoms with Crippen molar-refractivity contribution in [3.05, 3.63) is 65.8 Å². The molecule has 2 aromatic carbocycles. The van der Waals surface area contributed by atoms with E-state index in [1.807, 2.05) is 12.1 Å². The molecule has 0 aliphatic carbocycles. The number of likely N-dealkylation sites (tertiary alicyclic amines) is 1. The molecule has 0 spiro atoms. The maximum atomic E-state index is 12.3. The molecular formula is C30H35N7O2S2. The first-order chi connectivity index (χ1) is 19.8. The zero-order valence-corrected chi connectivity index (χ0v) is 25.0. The lowest BCUT2D eigenvalue weighted by Crippen LogP contribution is -2.43. The number of thiazole rings is 1. The van der Waals surface area contributed by atoms with Gasteiger partial charge in [0, 0.05) is 61.5 Å². The number of nitrogens with one attached hydrogen (secondary N) is 2. The van der Waals surface area contributed by atoms with Gasteiger partial charge in [0.05, 0.1) is 26.2 Å². The molecule has 2 aliphatic heterocycles. The van der Waals surface area contributed by atoms with Crippen molar-refractivity contribution in [2.45, 2.75) is 23.7 Å². The van der Waals surface area contributed by atoms with Gasteiger partial charge in [0.15, 0.2) is 9.84 Å². The summed E-state index contributed by atoms with van der Waals surface area (Å²) < 4.78 is 24.7. The first-order valence-corrected chi connectivity index (χ1v) is 16.7. The topological polar surface area (TPSA) is 103 Å². The van der Waals surface area contributed by atoms with Gasteiger partial charge >= 0.3 is 0 Å². The Hall–Kier alpha value is -3.38. The third kappa shape index (κ3) is 6.43. The number of piperidine rings is 1. The van der Waals surface area contributed by atoms with E-state index >= 15 is 0 Å². The molecule has 0 saturated carbocycles. The molecular weight excluding hydrogens is 555 g/mol. The standard InChI is InChI=1S/C30H35N7O2S2/c1-36-16-11-21(12-17-36)29-35-27(22-4-3-5-25(20-22)41(2,38)39)28(40-29)26-10-13-32-30(34-26)33-23-6-8-24(9-7-23)37-18-14-31-15-19-37/h3-10,13,20-21,31H,11-12,14-19H2,1-2H3,(H,32,33,34). The normalized spacial score (nSPS) is 17.1. The fraction of sp³-hybridized carbons (Fsp3) is 0.367. The van der Waals surface area contributed by atoms with Gasteiger partial charge in [-0.15, -0.1) is 11.3 Å². The Balaban J connectivity index is 1.32. The summed E-state index contributed by atoms with van der Waals surface area (Å²) in [6, 6.07) is 17.3. The van der Waals surface area contributed by atoms with E-state index < -0.39 is 9.84 Å². The van der Waals surface area contributed by atoms with Gasteiger partial charge in [-0.3, -0.25) is 0 Å². The van der Waals surface area contributed by atoms with Crippen molar-refractivity contribution in [2.24, 2.45) is 0 Å². The molecule has 0 atom stereocenters. The number of nitrogens with zero attached hydrogens (tertiary/aromatic N) is 5. The molecule has 9 nitrogen and oxygen atoms in total. The van der Waals surface area contributed by atoms with Crippen LogP contribution in [0.25, 0.3) is 21.8 Å². The van der Waals surface area contributed by atoms with Gasteiger partial charge in [-0.05, 0) is 75.4 Å². The van der Waals surface area contributed by atoms with E-state index in [4.69, 9.17) is 9.97 Å². The van der Waals surface area contributed by atoms with E-state index in [-0.39, 0.29) is 4.90 Å². The number of benzene rings is 2. The second-order valence-corrected chi connectivity index (χ2v) is 13.8. The molecule has 2 aliphatic rings. The van der Waals surface area contributed by atoms with E-state index in [1.54, 1.807) is 35.7 Å². The Labute approximate surface area is 245 Å². The SMILES string of the molecule is CN1CCC(c2nc(-c3cccc(S(C)(=O)=O)c3)c(-c3ccnc(Nc4ccc(N5CCNCC5)cc4)n3)s2)CC1. The molecule has 2 fully saturated rings. The average Bonchev–Trinajstić information content (AvgIpc) is 3.44. The molecule has 0 bridgehead atoms. The summed E-state index contributed by atoms with van der Waals surface area (Å²) in [6.07, 6.45) is 5.09. The number of hydrogen-bond acceptors (Lipinski definition) is 10. The molecule has 2 saturated heterocycles. The summed E-state index contributed by atoms with van der Waals surface area (Å²) in [5.74, 6) is 0.873. The minimum Gasteiger partial charge on any atom is -0.369 e. The van der Waals surface area contributed by atoms with Crippen LogP contribution in [0.4, 0.5) is 17.3 Å². The van der Waals surface area contributed by atoms with Gasteiger partial charge in [0.25, 0.3) is 0 Å². The average molecular weight is 590 g/mol. The third-order valence-corrected chi connectivity index (χ3v) is 10.1. The number of rotatable bonds is 7. The Morgan fingerprint density at radius 2 is 1.73 bits per heavy atom. The van der Waals surface area contributed by atoms with Crippen LogP contribution in [0.2, 0.25) is 0 Å². The molecule has 0 radical (unpaired) electrons. The highest BCUT2D eigenvalue weighted by Gasteiger charge is 2.25. The number of anilines is 3. The first kappa shape index (κ1) is 27.8. The Morgan fingerprint density at radius 3 is 2.46 bits per heavy atom. The van der Waals surface area contributed by atoms with E-state index in [0.717, 1.165) is 84.6 Å². The van der Waals surface area contributed by atoms with Gasteiger partial charge in [-0.2, -0.15) is 0 Å². The van der Waals surface area contributed by atoms with Crippen LogP contribution >= 0.6 is 11.3 Å². The summed E-state index contributed by atoms with van der Waals surface area (Å²) in [7, 11) is -1.20. The van der Waals surface area contributed by atoms with Crippen LogP contribution in [-0.4, -0.2) is 80.8 Å². The Kier molecular flexibility index (Phi) is 8.03. The van der Waals surface area contributed by atoms with Crippen molar-refractivity contribution >= 4 is 38.5 Å². The van der Waals surface area contributed by atoms with Crippen molar-refractivity contribution < 1.29 is 8.42 Å². The van der Waals surface area contributed by atoms with Crippen LogP contribution in [0.15, 0.2) is 65.7 Å². The molecule has 4 heterocycles. The molecule has 41 heavy (non-hydrogen) atoms. The lowest BCUT2D eigenvalue weighted by molar-refractivity contribution is 0.255. The van der Waals surface area contributed by atoms with Crippen LogP contribution in [0.1, 0.15) is 23.8 Å². The van der Waals surface area contributed by atoms with Crippen molar-refractivity contribution in [1.29, 1.82) is 0 Å². The summed E-state index contributed by atoms with van der Waals surface area (Å²) in [4.78, 5) is 20.4. The van der Waals surface area contributed by atoms with Crippen LogP contribution in [0.5, 0.6) is 0 Å². The van der Waals surface area contributed by atoms with Gasteiger partial charge < -0.3 is 20.4 Å². The predicted octanol–water partition coefficient (Wildman–Crippen LogP) is 4.63. The van der Waals surface area contributed by atoms with E-state index in [2.05, 4.69) is 56.7 Å².